The molecule has 0 heterocycles. The van der Waals surface area contributed by atoms with Gasteiger partial charge in [0.05, 0.1) is 0 Å². The molecular formula is C19H14F2N2O. The van der Waals surface area contributed by atoms with Gasteiger partial charge in [0, 0.05) is 23.9 Å². The molecule has 3 rings (SSSR count). The van der Waals surface area contributed by atoms with Gasteiger partial charge in [0.15, 0.2) is 11.6 Å². The summed E-state index contributed by atoms with van der Waals surface area (Å²) in [7, 11) is 0. The topological polar surface area (TPSA) is 53.0 Å². The van der Waals surface area contributed by atoms with E-state index in [0.29, 0.717) is 16.5 Å². The van der Waals surface area contributed by atoms with Crippen molar-refractivity contribution in [3.8, 4) is 0 Å². The number of carbonyl (C=O) groups is 1. The van der Waals surface area contributed by atoms with Crippen LogP contribution in [0.2, 0.25) is 0 Å². The van der Waals surface area contributed by atoms with E-state index in [0.717, 1.165) is 11.5 Å². The lowest BCUT2D eigenvalue weighted by Gasteiger charge is -2.10. The summed E-state index contributed by atoms with van der Waals surface area (Å²) in [6.45, 7) is -0.108. The molecule has 0 spiro atoms. The summed E-state index contributed by atoms with van der Waals surface area (Å²) < 4.78 is 26.9. The summed E-state index contributed by atoms with van der Waals surface area (Å²) in [4.78, 5) is 12.4. The lowest BCUT2D eigenvalue weighted by atomic mass is 9.99. The molecule has 1 amide bonds. The third-order valence-corrected chi connectivity index (χ3v) is 3.83. The van der Waals surface area contributed by atoms with Crippen molar-refractivity contribution in [3.05, 3.63) is 82.9 Å². The Labute approximate surface area is 137 Å². The number of carbonyl (C=O) groups excluding carboxylic acids is 1. The molecule has 3 aromatic carbocycles. The molecule has 0 aliphatic carbocycles. The first-order valence-corrected chi connectivity index (χ1v) is 7.35. The first kappa shape index (κ1) is 15.8. The zero-order valence-electron chi connectivity index (χ0n) is 12.6. The molecule has 120 valence electrons. The fraction of sp³-hybridized carbons (Fsp3) is 0.0526. The minimum Gasteiger partial charge on any atom is -0.348 e. The summed E-state index contributed by atoms with van der Waals surface area (Å²) in [6.07, 6.45) is 1.23. The fourth-order valence-corrected chi connectivity index (χ4v) is 2.60. The number of nitrogens with one attached hydrogen (secondary N) is 2. The quantitative estimate of drug-likeness (QED) is 0.699. The van der Waals surface area contributed by atoms with Crippen LogP contribution in [0.4, 0.5) is 8.78 Å². The van der Waals surface area contributed by atoms with Gasteiger partial charge in [-0.15, -0.1) is 0 Å². The monoisotopic (exact) mass is 324 g/mol. The van der Waals surface area contributed by atoms with Crippen LogP contribution in [0.25, 0.3) is 10.8 Å². The molecule has 0 aliphatic rings. The zero-order valence-corrected chi connectivity index (χ0v) is 12.6. The van der Waals surface area contributed by atoms with Crippen LogP contribution in [0.1, 0.15) is 21.5 Å². The predicted octanol–water partition coefficient (Wildman–Crippen LogP) is 4.05. The molecule has 2 N–H and O–H groups in total. The van der Waals surface area contributed by atoms with E-state index in [1.807, 2.05) is 12.1 Å². The Morgan fingerprint density at radius 1 is 1.00 bits per heavy atom. The Morgan fingerprint density at radius 3 is 2.50 bits per heavy atom. The van der Waals surface area contributed by atoms with E-state index in [1.54, 1.807) is 24.3 Å². The van der Waals surface area contributed by atoms with Crippen molar-refractivity contribution in [2.75, 3.05) is 0 Å². The number of rotatable bonds is 4. The van der Waals surface area contributed by atoms with Crippen LogP contribution in [0.5, 0.6) is 0 Å². The van der Waals surface area contributed by atoms with Gasteiger partial charge in [-0.3, -0.25) is 4.79 Å². The first-order chi connectivity index (χ1) is 11.6. The second-order valence-electron chi connectivity index (χ2n) is 5.29. The zero-order chi connectivity index (χ0) is 17.1. The minimum atomic E-state index is -0.957. The standard InChI is InChI=1S/C19H14F2N2O/c20-17-7-3-4-13(18(17)21)11-23-19(24)16-9-8-12(10-22)14-5-1-2-6-15(14)16/h1-10,22H,11H2,(H,23,24). The molecule has 5 heteroatoms. The smallest absolute Gasteiger partial charge is 0.252 e. The maximum absolute atomic E-state index is 13.7. The van der Waals surface area contributed by atoms with Gasteiger partial charge in [-0.05, 0) is 28.5 Å². The average molecular weight is 324 g/mol. The average Bonchev–Trinajstić information content (AvgIpc) is 2.61. The van der Waals surface area contributed by atoms with Gasteiger partial charge in [0.2, 0.25) is 0 Å². The maximum atomic E-state index is 13.7. The molecule has 0 fully saturated rings. The third kappa shape index (κ3) is 2.88. The third-order valence-electron chi connectivity index (χ3n) is 3.83. The van der Waals surface area contributed by atoms with Crippen LogP contribution in [-0.4, -0.2) is 12.1 Å². The number of hydrogen-bond donors (Lipinski definition) is 2. The molecule has 0 aromatic heterocycles. The van der Waals surface area contributed by atoms with E-state index in [-0.39, 0.29) is 18.0 Å². The van der Waals surface area contributed by atoms with Gasteiger partial charge in [0.25, 0.3) is 5.91 Å². The van der Waals surface area contributed by atoms with Gasteiger partial charge in [-0.25, -0.2) is 8.78 Å². The summed E-state index contributed by atoms with van der Waals surface area (Å²) in [6, 6.07) is 14.4. The number of hydrogen-bond acceptors (Lipinski definition) is 2. The Balaban J connectivity index is 1.89. The molecule has 0 radical (unpaired) electrons. The molecule has 0 bridgehead atoms. The highest BCUT2D eigenvalue weighted by atomic mass is 19.2. The Morgan fingerprint density at radius 2 is 1.75 bits per heavy atom. The molecule has 0 saturated carbocycles. The summed E-state index contributed by atoms with van der Waals surface area (Å²) in [5, 5.41) is 11.5. The van der Waals surface area contributed by atoms with Crippen molar-refractivity contribution in [2.45, 2.75) is 6.54 Å². The maximum Gasteiger partial charge on any atom is 0.252 e. The van der Waals surface area contributed by atoms with Gasteiger partial charge < -0.3 is 10.7 Å². The lowest BCUT2D eigenvalue weighted by Crippen LogP contribution is -2.23. The van der Waals surface area contributed by atoms with Gasteiger partial charge in [0.1, 0.15) is 0 Å². The van der Waals surface area contributed by atoms with E-state index < -0.39 is 11.6 Å². The number of benzene rings is 3. The van der Waals surface area contributed by atoms with Crippen molar-refractivity contribution < 1.29 is 13.6 Å². The molecule has 3 aromatic rings. The fourth-order valence-electron chi connectivity index (χ4n) is 2.60. The van der Waals surface area contributed by atoms with Crippen molar-refractivity contribution in [3.63, 3.8) is 0 Å². The second-order valence-corrected chi connectivity index (χ2v) is 5.29. The molecule has 0 aliphatic heterocycles. The van der Waals surface area contributed by atoms with Crippen LogP contribution in [0.15, 0.2) is 54.6 Å². The largest absolute Gasteiger partial charge is 0.348 e. The first-order valence-electron chi connectivity index (χ1n) is 7.35. The van der Waals surface area contributed by atoms with Crippen molar-refractivity contribution in [1.29, 1.82) is 5.41 Å². The number of halogens is 2. The van der Waals surface area contributed by atoms with E-state index in [9.17, 15) is 13.6 Å². The van der Waals surface area contributed by atoms with Gasteiger partial charge >= 0.3 is 0 Å². The SMILES string of the molecule is N=Cc1ccc(C(=O)NCc2cccc(F)c2F)c2ccccc12. The number of fused-ring (bicyclic) bond motifs is 1. The van der Waals surface area contributed by atoms with Crippen LogP contribution in [-0.2, 0) is 6.54 Å². The van der Waals surface area contributed by atoms with Gasteiger partial charge in [-0.1, -0.05) is 42.5 Å². The number of amides is 1. The minimum absolute atomic E-state index is 0.0868. The normalized spacial score (nSPS) is 10.6. The molecule has 0 unspecified atom stereocenters. The highest BCUT2D eigenvalue weighted by molar-refractivity contribution is 6.11. The van der Waals surface area contributed by atoms with Crippen molar-refractivity contribution in [2.24, 2.45) is 0 Å². The molecule has 24 heavy (non-hydrogen) atoms. The Hall–Kier alpha value is -3.08. The Kier molecular flexibility index (Phi) is 4.33. The van der Waals surface area contributed by atoms with E-state index in [4.69, 9.17) is 5.41 Å². The predicted molar refractivity (Wildman–Crippen MR) is 89.4 cm³/mol. The molecule has 0 saturated heterocycles. The summed E-state index contributed by atoms with van der Waals surface area (Å²) >= 11 is 0. The highest BCUT2D eigenvalue weighted by Crippen LogP contribution is 2.22. The summed E-state index contributed by atoms with van der Waals surface area (Å²) in [5.41, 5.74) is 1.22. The van der Waals surface area contributed by atoms with Crippen LogP contribution in [0.3, 0.4) is 0 Å². The highest BCUT2D eigenvalue weighted by Gasteiger charge is 2.13. The lowest BCUT2D eigenvalue weighted by molar-refractivity contribution is 0.0952. The Bertz CT molecular complexity index is 938. The van der Waals surface area contributed by atoms with Crippen LogP contribution < -0.4 is 5.32 Å². The van der Waals surface area contributed by atoms with Crippen molar-refractivity contribution >= 4 is 22.9 Å². The van der Waals surface area contributed by atoms with E-state index in [2.05, 4.69) is 5.32 Å². The van der Waals surface area contributed by atoms with E-state index in [1.165, 1.54) is 18.3 Å². The van der Waals surface area contributed by atoms with Crippen LogP contribution >= 0.6 is 0 Å². The molecule has 3 nitrogen and oxygen atoms in total. The van der Waals surface area contributed by atoms with Crippen molar-refractivity contribution in [1.82, 2.24) is 5.32 Å². The van der Waals surface area contributed by atoms with Crippen LogP contribution in [0, 0.1) is 17.0 Å². The molecular weight excluding hydrogens is 310 g/mol. The molecule has 0 atom stereocenters. The van der Waals surface area contributed by atoms with Gasteiger partial charge in [-0.2, -0.15) is 0 Å². The van der Waals surface area contributed by atoms with E-state index >= 15 is 0 Å². The summed E-state index contributed by atoms with van der Waals surface area (Å²) in [5.74, 6) is -2.28. The second kappa shape index (κ2) is 6.58.